The molecule has 1 aliphatic heterocycles. The summed E-state index contributed by atoms with van der Waals surface area (Å²) in [6.45, 7) is 1.45. The van der Waals surface area contributed by atoms with Gasteiger partial charge in [-0.25, -0.2) is 4.79 Å². The largest absolute Gasteiger partial charge is 0.454 e. The van der Waals surface area contributed by atoms with Crippen LogP contribution in [0, 0.1) is 30.6 Å². The maximum Gasteiger partial charge on any atom is 0.330 e. The number of carbonyl (C=O) groups excluding carboxylic acids is 4. The number of carbonyl (C=O) groups is 4. The van der Waals surface area contributed by atoms with Gasteiger partial charge in [0.1, 0.15) is 6.04 Å². The Bertz CT molecular complexity index is 1090. The monoisotopic (exact) mass is 460 g/mol. The van der Waals surface area contributed by atoms with Gasteiger partial charge < -0.3 is 10.1 Å². The van der Waals surface area contributed by atoms with E-state index in [4.69, 9.17) is 4.74 Å². The lowest BCUT2D eigenvalue weighted by Crippen LogP contribution is -2.48. The minimum Gasteiger partial charge on any atom is -0.454 e. The zero-order valence-corrected chi connectivity index (χ0v) is 19.1. The summed E-state index contributed by atoms with van der Waals surface area (Å²) < 4.78 is 5.34. The Morgan fingerprint density at radius 2 is 1.59 bits per heavy atom. The van der Waals surface area contributed by atoms with Gasteiger partial charge >= 0.3 is 5.97 Å². The molecule has 34 heavy (non-hydrogen) atoms. The molecule has 3 fully saturated rings. The van der Waals surface area contributed by atoms with Crippen LogP contribution in [0.2, 0.25) is 0 Å². The van der Waals surface area contributed by atoms with Gasteiger partial charge in [0.05, 0.1) is 11.8 Å². The third kappa shape index (κ3) is 4.11. The second kappa shape index (κ2) is 9.05. The average Bonchev–Trinajstić information content (AvgIpc) is 3.52. The predicted octanol–water partition coefficient (Wildman–Crippen LogP) is 3.12. The van der Waals surface area contributed by atoms with Crippen LogP contribution in [-0.4, -0.2) is 41.2 Å². The smallest absolute Gasteiger partial charge is 0.330 e. The molecule has 2 aliphatic carbocycles. The first-order chi connectivity index (χ1) is 16.4. The number of rotatable bonds is 7. The van der Waals surface area contributed by atoms with Gasteiger partial charge in [0.25, 0.3) is 5.91 Å². The second-order valence-electron chi connectivity index (χ2n) is 9.66. The SMILES string of the molecule is Cc1ccc(NC(=O)COC(=O)[C@H](Cc2ccccc2)N2C(=O)[C@H]3[C@H]4CC[C@@H](C4)[C@@H]3C2=O)cc1. The van der Waals surface area contributed by atoms with Crippen LogP contribution in [-0.2, 0) is 30.3 Å². The first kappa shape index (κ1) is 22.3. The Kier molecular flexibility index (Phi) is 5.94. The molecule has 2 bridgehead atoms. The lowest BCUT2D eigenvalue weighted by Gasteiger charge is -2.26. The standard InChI is InChI=1S/C27H28N2O5/c1-16-7-11-20(12-8-16)28-22(30)15-34-27(33)21(13-17-5-3-2-4-6-17)29-25(31)23-18-9-10-19(14-18)24(23)26(29)32/h2-8,11-12,18-19,21,23-24H,9-10,13-15H2,1H3,(H,28,30)/t18-,19-,21-,23-,24-/m0/s1. The normalized spacial score (nSPS) is 25.9. The molecule has 3 aliphatic rings. The fourth-order valence-electron chi connectivity index (χ4n) is 5.92. The van der Waals surface area contributed by atoms with Crippen LogP contribution >= 0.6 is 0 Å². The minimum atomic E-state index is -1.08. The summed E-state index contributed by atoms with van der Waals surface area (Å²) in [6, 6.07) is 15.4. The molecule has 5 atom stereocenters. The molecule has 7 nitrogen and oxygen atoms in total. The summed E-state index contributed by atoms with van der Waals surface area (Å²) >= 11 is 0. The van der Waals surface area contributed by atoms with E-state index in [0.717, 1.165) is 35.3 Å². The molecular weight excluding hydrogens is 432 g/mol. The molecule has 0 spiro atoms. The number of hydrogen-bond acceptors (Lipinski definition) is 5. The fraction of sp³-hybridized carbons (Fsp3) is 0.407. The van der Waals surface area contributed by atoms with Crippen LogP contribution in [0.5, 0.6) is 0 Å². The van der Waals surface area contributed by atoms with E-state index < -0.39 is 24.5 Å². The van der Waals surface area contributed by atoms with E-state index in [1.165, 1.54) is 0 Å². The van der Waals surface area contributed by atoms with E-state index in [1.807, 2.05) is 49.4 Å². The fourth-order valence-corrected chi connectivity index (χ4v) is 5.92. The molecule has 7 heteroatoms. The first-order valence-corrected chi connectivity index (χ1v) is 11.9. The molecule has 2 saturated carbocycles. The summed E-state index contributed by atoms with van der Waals surface area (Å²) in [5, 5.41) is 2.69. The molecule has 0 radical (unpaired) electrons. The Morgan fingerprint density at radius 3 is 2.21 bits per heavy atom. The van der Waals surface area contributed by atoms with Gasteiger partial charge in [0.15, 0.2) is 6.61 Å². The summed E-state index contributed by atoms with van der Waals surface area (Å²) in [5.41, 5.74) is 2.47. The Labute approximate surface area is 198 Å². The molecule has 3 amide bonds. The van der Waals surface area contributed by atoms with Crippen LogP contribution in [0.4, 0.5) is 5.69 Å². The third-order valence-corrected chi connectivity index (χ3v) is 7.50. The van der Waals surface area contributed by atoms with Crippen molar-refractivity contribution in [2.24, 2.45) is 23.7 Å². The van der Waals surface area contributed by atoms with Gasteiger partial charge in [-0.2, -0.15) is 0 Å². The van der Waals surface area contributed by atoms with E-state index in [9.17, 15) is 19.2 Å². The highest BCUT2D eigenvalue weighted by molar-refractivity contribution is 6.08. The Balaban J connectivity index is 1.31. The number of likely N-dealkylation sites (tertiary alicyclic amines) is 1. The van der Waals surface area contributed by atoms with Crippen molar-refractivity contribution in [3.05, 3.63) is 65.7 Å². The van der Waals surface area contributed by atoms with Gasteiger partial charge in [-0.3, -0.25) is 19.3 Å². The van der Waals surface area contributed by atoms with Crippen LogP contribution in [0.3, 0.4) is 0 Å². The number of amides is 3. The van der Waals surface area contributed by atoms with Gasteiger partial charge in [0.2, 0.25) is 11.8 Å². The number of fused-ring (bicyclic) bond motifs is 5. The van der Waals surface area contributed by atoms with Gasteiger partial charge in [0, 0.05) is 12.1 Å². The van der Waals surface area contributed by atoms with Crippen LogP contribution in [0.1, 0.15) is 30.4 Å². The molecule has 176 valence electrons. The average molecular weight is 461 g/mol. The molecule has 2 aromatic carbocycles. The summed E-state index contributed by atoms with van der Waals surface area (Å²) in [4.78, 5) is 53.4. The topological polar surface area (TPSA) is 92.8 Å². The quantitative estimate of drug-likeness (QED) is 0.506. The molecular formula is C27H28N2O5. The number of benzene rings is 2. The van der Waals surface area contributed by atoms with Crippen molar-refractivity contribution in [3.63, 3.8) is 0 Å². The highest BCUT2D eigenvalue weighted by Crippen LogP contribution is 2.56. The van der Waals surface area contributed by atoms with Crippen molar-refractivity contribution < 1.29 is 23.9 Å². The lowest BCUT2D eigenvalue weighted by atomic mass is 9.81. The van der Waals surface area contributed by atoms with E-state index in [0.29, 0.717) is 5.69 Å². The molecule has 5 rings (SSSR count). The van der Waals surface area contributed by atoms with Crippen LogP contribution < -0.4 is 5.32 Å². The summed E-state index contributed by atoms with van der Waals surface area (Å²) in [5.74, 6) is -1.92. The van der Waals surface area contributed by atoms with Crippen LogP contribution in [0.15, 0.2) is 54.6 Å². The Hall–Kier alpha value is -3.48. The Morgan fingerprint density at radius 1 is 0.971 bits per heavy atom. The van der Waals surface area contributed by atoms with E-state index in [2.05, 4.69) is 5.32 Å². The van der Waals surface area contributed by atoms with Crippen molar-refractivity contribution in [1.82, 2.24) is 4.90 Å². The van der Waals surface area contributed by atoms with Crippen molar-refractivity contribution in [3.8, 4) is 0 Å². The van der Waals surface area contributed by atoms with Crippen LogP contribution in [0.25, 0.3) is 0 Å². The van der Waals surface area contributed by atoms with Crippen molar-refractivity contribution >= 4 is 29.4 Å². The highest BCUT2D eigenvalue weighted by Gasteiger charge is 2.62. The van der Waals surface area contributed by atoms with Crippen molar-refractivity contribution in [1.29, 1.82) is 0 Å². The molecule has 2 aromatic rings. The van der Waals surface area contributed by atoms with Crippen molar-refractivity contribution in [2.45, 2.75) is 38.6 Å². The zero-order chi connectivity index (χ0) is 23.8. The highest BCUT2D eigenvalue weighted by atomic mass is 16.5. The number of anilines is 1. The summed E-state index contributed by atoms with van der Waals surface area (Å²) in [6.07, 6.45) is 3.01. The predicted molar refractivity (Wildman–Crippen MR) is 124 cm³/mol. The summed E-state index contributed by atoms with van der Waals surface area (Å²) in [7, 11) is 0. The number of nitrogens with zero attached hydrogens (tertiary/aromatic N) is 1. The number of hydrogen-bond donors (Lipinski definition) is 1. The number of nitrogens with one attached hydrogen (secondary N) is 1. The minimum absolute atomic E-state index is 0.158. The lowest BCUT2D eigenvalue weighted by molar-refractivity contribution is -0.160. The molecule has 1 saturated heterocycles. The molecule has 1 N–H and O–H groups in total. The van der Waals surface area contributed by atoms with Gasteiger partial charge in [-0.1, -0.05) is 48.0 Å². The number of esters is 1. The maximum absolute atomic E-state index is 13.3. The molecule has 0 aromatic heterocycles. The molecule has 0 unspecified atom stereocenters. The second-order valence-corrected chi connectivity index (χ2v) is 9.66. The molecule has 1 heterocycles. The van der Waals surface area contributed by atoms with E-state index in [-0.39, 0.29) is 41.9 Å². The van der Waals surface area contributed by atoms with Crippen molar-refractivity contribution in [2.75, 3.05) is 11.9 Å². The van der Waals surface area contributed by atoms with E-state index in [1.54, 1.807) is 12.1 Å². The number of ether oxygens (including phenoxy) is 1. The van der Waals surface area contributed by atoms with Gasteiger partial charge in [-0.15, -0.1) is 0 Å². The van der Waals surface area contributed by atoms with E-state index >= 15 is 0 Å². The zero-order valence-electron chi connectivity index (χ0n) is 19.1. The maximum atomic E-state index is 13.3. The van der Waals surface area contributed by atoms with Gasteiger partial charge in [-0.05, 0) is 55.7 Å². The first-order valence-electron chi connectivity index (χ1n) is 11.9. The third-order valence-electron chi connectivity index (χ3n) is 7.50. The number of imide groups is 1. The number of aryl methyl sites for hydroxylation is 1.